The number of likely N-dealkylation sites (N-methyl/N-ethyl adjacent to an activating group) is 2. The fourth-order valence-electron chi connectivity index (χ4n) is 1.66. The summed E-state index contributed by atoms with van der Waals surface area (Å²) in [7, 11) is 4.88. The van der Waals surface area contributed by atoms with Crippen LogP contribution in [0.1, 0.15) is 15.9 Å². The van der Waals surface area contributed by atoms with Gasteiger partial charge in [0.25, 0.3) is 5.91 Å². The van der Waals surface area contributed by atoms with E-state index in [1.807, 2.05) is 0 Å². The Kier molecular flexibility index (Phi) is 6.31. The van der Waals surface area contributed by atoms with Crippen molar-refractivity contribution in [3.05, 3.63) is 48.0 Å². The number of carbonyl (C=O) groups is 3. The minimum atomic E-state index is -0.248. The lowest BCUT2D eigenvalue weighted by Gasteiger charge is -2.19. The summed E-state index contributed by atoms with van der Waals surface area (Å²) in [6.07, 6.45) is 1.20. The molecule has 22 heavy (non-hydrogen) atoms. The van der Waals surface area contributed by atoms with Crippen molar-refractivity contribution >= 4 is 17.7 Å². The quantitative estimate of drug-likeness (QED) is 0.785. The van der Waals surface area contributed by atoms with E-state index in [1.165, 1.54) is 15.9 Å². The first-order valence-electron chi connectivity index (χ1n) is 6.80. The Labute approximate surface area is 130 Å². The zero-order valence-electron chi connectivity index (χ0n) is 13.1. The second-order valence-electron chi connectivity index (χ2n) is 5.07. The first kappa shape index (κ1) is 17.4. The van der Waals surface area contributed by atoms with Crippen LogP contribution in [0.4, 0.5) is 0 Å². The van der Waals surface area contributed by atoms with Crippen LogP contribution in [-0.4, -0.2) is 55.2 Å². The highest BCUT2D eigenvalue weighted by atomic mass is 16.2. The number of amides is 3. The van der Waals surface area contributed by atoms with E-state index in [1.54, 1.807) is 45.4 Å². The van der Waals surface area contributed by atoms with E-state index in [-0.39, 0.29) is 24.3 Å². The molecule has 0 spiro atoms. The molecule has 0 atom stereocenters. The minimum Gasteiger partial charge on any atom is -0.348 e. The monoisotopic (exact) mass is 303 g/mol. The average Bonchev–Trinajstić information content (AvgIpc) is 2.52. The van der Waals surface area contributed by atoms with Crippen LogP contribution in [0.3, 0.4) is 0 Å². The smallest absolute Gasteiger partial charge is 0.254 e. The molecule has 0 bridgehead atoms. The molecule has 0 radical (unpaired) electrons. The topological polar surface area (TPSA) is 69.7 Å². The van der Waals surface area contributed by atoms with Crippen molar-refractivity contribution in [1.29, 1.82) is 0 Å². The summed E-state index contributed by atoms with van der Waals surface area (Å²) in [5, 5.41) is 2.66. The molecule has 0 aliphatic carbocycles. The SMILES string of the molecule is C=CC(=O)NCc1ccc(C(=O)N(C)CC(=O)N(C)C)cc1. The van der Waals surface area contributed by atoms with E-state index >= 15 is 0 Å². The van der Waals surface area contributed by atoms with Gasteiger partial charge in [0.1, 0.15) is 0 Å². The van der Waals surface area contributed by atoms with E-state index in [9.17, 15) is 14.4 Å². The maximum atomic E-state index is 12.2. The Balaban J connectivity index is 2.65. The first-order chi connectivity index (χ1) is 10.3. The number of benzene rings is 1. The molecule has 0 saturated carbocycles. The zero-order valence-corrected chi connectivity index (χ0v) is 13.1. The van der Waals surface area contributed by atoms with Gasteiger partial charge < -0.3 is 15.1 Å². The molecular formula is C16H21N3O3. The van der Waals surface area contributed by atoms with Gasteiger partial charge in [0.15, 0.2) is 0 Å². The van der Waals surface area contributed by atoms with Gasteiger partial charge in [0.2, 0.25) is 11.8 Å². The molecule has 1 rings (SSSR count). The molecule has 0 aromatic heterocycles. The van der Waals surface area contributed by atoms with E-state index in [2.05, 4.69) is 11.9 Å². The molecule has 0 heterocycles. The van der Waals surface area contributed by atoms with Crippen LogP contribution in [0.25, 0.3) is 0 Å². The maximum absolute atomic E-state index is 12.2. The lowest BCUT2D eigenvalue weighted by Crippen LogP contribution is -2.37. The molecule has 1 N–H and O–H groups in total. The van der Waals surface area contributed by atoms with Crippen LogP contribution >= 0.6 is 0 Å². The number of carbonyl (C=O) groups excluding carboxylic acids is 3. The molecule has 6 nitrogen and oxygen atoms in total. The van der Waals surface area contributed by atoms with Gasteiger partial charge in [-0.05, 0) is 23.8 Å². The molecule has 6 heteroatoms. The maximum Gasteiger partial charge on any atom is 0.254 e. The van der Waals surface area contributed by atoms with Crippen molar-refractivity contribution in [1.82, 2.24) is 15.1 Å². The van der Waals surface area contributed by atoms with Gasteiger partial charge in [0, 0.05) is 33.3 Å². The Bertz CT molecular complexity index is 565. The molecule has 3 amide bonds. The van der Waals surface area contributed by atoms with Crippen LogP contribution in [0, 0.1) is 0 Å². The summed E-state index contributed by atoms with van der Waals surface area (Å²) in [4.78, 5) is 37.7. The standard InChI is InChI=1S/C16H21N3O3/c1-5-14(20)17-10-12-6-8-13(9-7-12)16(22)19(4)11-15(21)18(2)3/h5-9H,1,10-11H2,2-4H3,(H,17,20). The lowest BCUT2D eigenvalue weighted by molar-refractivity contribution is -0.129. The second-order valence-corrected chi connectivity index (χ2v) is 5.07. The molecule has 0 aliphatic heterocycles. The van der Waals surface area contributed by atoms with Gasteiger partial charge in [0.05, 0.1) is 6.54 Å². The van der Waals surface area contributed by atoms with E-state index < -0.39 is 0 Å². The van der Waals surface area contributed by atoms with Crippen molar-refractivity contribution in [2.45, 2.75) is 6.54 Å². The Hall–Kier alpha value is -2.63. The van der Waals surface area contributed by atoms with Crippen LogP contribution in [0.5, 0.6) is 0 Å². The molecule has 0 saturated heterocycles. The van der Waals surface area contributed by atoms with Crippen molar-refractivity contribution in [3.63, 3.8) is 0 Å². The normalized spacial score (nSPS) is 9.77. The van der Waals surface area contributed by atoms with E-state index in [4.69, 9.17) is 0 Å². The molecule has 0 aliphatic rings. The van der Waals surface area contributed by atoms with Crippen LogP contribution in [-0.2, 0) is 16.1 Å². The van der Waals surface area contributed by atoms with Gasteiger partial charge in [-0.1, -0.05) is 18.7 Å². The van der Waals surface area contributed by atoms with Gasteiger partial charge in [-0.15, -0.1) is 0 Å². The molecular weight excluding hydrogens is 282 g/mol. The van der Waals surface area contributed by atoms with E-state index in [0.29, 0.717) is 12.1 Å². The second kappa shape index (κ2) is 7.97. The fraction of sp³-hybridized carbons (Fsp3) is 0.312. The summed E-state index contributed by atoms with van der Waals surface area (Å²) in [5.74, 6) is -0.612. The molecule has 118 valence electrons. The number of nitrogens with zero attached hydrogens (tertiary/aromatic N) is 2. The van der Waals surface area contributed by atoms with Gasteiger partial charge in [-0.3, -0.25) is 14.4 Å². The Morgan fingerprint density at radius 3 is 2.23 bits per heavy atom. The van der Waals surface area contributed by atoms with Crippen LogP contribution in [0.15, 0.2) is 36.9 Å². The number of rotatable bonds is 6. The van der Waals surface area contributed by atoms with Crippen LogP contribution in [0.2, 0.25) is 0 Å². The van der Waals surface area contributed by atoms with Gasteiger partial charge >= 0.3 is 0 Å². The molecule has 0 unspecified atom stereocenters. The van der Waals surface area contributed by atoms with Crippen molar-refractivity contribution in [2.24, 2.45) is 0 Å². The predicted octanol–water partition coefficient (Wildman–Crippen LogP) is 0.649. The van der Waals surface area contributed by atoms with E-state index in [0.717, 1.165) is 5.56 Å². The minimum absolute atomic E-state index is 0.0307. The first-order valence-corrected chi connectivity index (χ1v) is 6.80. The number of hydrogen-bond acceptors (Lipinski definition) is 3. The van der Waals surface area contributed by atoms with Gasteiger partial charge in [-0.25, -0.2) is 0 Å². The highest BCUT2D eigenvalue weighted by Gasteiger charge is 2.15. The van der Waals surface area contributed by atoms with Crippen molar-refractivity contribution < 1.29 is 14.4 Å². The summed E-state index contributed by atoms with van der Waals surface area (Å²) < 4.78 is 0. The summed E-state index contributed by atoms with van der Waals surface area (Å²) in [6, 6.07) is 6.87. The Morgan fingerprint density at radius 1 is 1.14 bits per heavy atom. The zero-order chi connectivity index (χ0) is 16.7. The fourth-order valence-corrected chi connectivity index (χ4v) is 1.66. The van der Waals surface area contributed by atoms with Crippen LogP contribution < -0.4 is 5.32 Å². The Morgan fingerprint density at radius 2 is 1.73 bits per heavy atom. The number of hydrogen-bond donors (Lipinski definition) is 1. The largest absolute Gasteiger partial charge is 0.348 e. The third-order valence-electron chi connectivity index (χ3n) is 3.07. The molecule has 0 fully saturated rings. The van der Waals surface area contributed by atoms with Crippen molar-refractivity contribution in [2.75, 3.05) is 27.7 Å². The van der Waals surface area contributed by atoms with Gasteiger partial charge in [-0.2, -0.15) is 0 Å². The van der Waals surface area contributed by atoms with Crippen molar-refractivity contribution in [3.8, 4) is 0 Å². The highest BCUT2D eigenvalue weighted by molar-refractivity contribution is 5.96. The number of nitrogens with one attached hydrogen (secondary N) is 1. The summed E-state index contributed by atoms with van der Waals surface area (Å²) >= 11 is 0. The summed E-state index contributed by atoms with van der Waals surface area (Å²) in [6.45, 7) is 3.77. The third-order valence-corrected chi connectivity index (χ3v) is 3.07. The molecule has 1 aromatic carbocycles. The molecule has 1 aromatic rings. The summed E-state index contributed by atoms with van der Waals surface area (Å²) in [5.41, 5.74) is 1.37. The highest BCUT2D eigenvalue weighted by Crippen LogP contribution is 2.07. The average molecular weight is 303 g/mol. The predicted molar refractivity (Wildman–Crippen MR) is 84.1 cm³/mol. The lowest BCUT2D eigenvalue weighted by atomic mass is 10.1. The third kappa shape index (κ3) is 5.05.